The van der Waals surface area contributed by atoms with Gasteiger partial charge in [-0.05, 0) is 36.8 Å². The number of thioether (sulfide) groups is 1. The molecule has 3 aromatic rings. The third-order valence-electron chi connectivity index (χ3n) is 6.82. The molecular weight excluding hydrogens is 517 g/mol. The van der Waals surface area contributed by atoms with E-state index in [4.69, 9.17) is 11.6 Å². The van der Waals surface area contributed by atoms with Crippen molar-refractivity contribution in [3.8, 4) is 11.1 Å². The molecule has 0 spiro atoms. The number of piperazine rings is 1. The van der Waals surface area contributed by atoms with Crippen LogP contribution in [-0.4, -0.2) is 64.7 Å². The molecule has 0 aliphatic carbocycles. The minimum Gasteiger partial charge on any atom is -0.355 e. The summed E-state index contributed by atoms with van der Waals surface area (Å²) in [5.41, 5.74) is 1.49. The number of halogens is 2. The topological polar surface area (TPSA) is 87.5 Å². The Bertz CT molecular complexity index is 1520. The number of nitrogens with zero attached hydrogens (tertiary/aromatic N) is 4. The predicted octanol–water partition coefficient (Wildman–Crippen LogP) is 3.54. The molecule has 1 fully saturated rings. The highest BCUT2D eigenvalue weighted by molar-refractivity contribution is 7.99. The Balaban J connectivity index is 1.69. The van der Waals surface area contributed by atoms with Gasteiger partial charge in [-0.3, -0.25) is 14.2 Å². The molecule has 0 saturated carbocycles. The van der Waals surface area contributed by atoms with Gasteiger partial charge >= 0.3 is 5.69 Å². The summed E-state index contributed by atoms with van der Waals surface area (Å²) in [5, 5.41) is 3.60. The average Bonchev–Trinajstić information content (AvgIpc) is 2.90. The highest BCUT2D eigenvalue weighted by atomic mass is 35.5. The lowest BCUT2D eigenvalue weighted by Crippen LogP contribution is -2.54. The lowest BCUT2D eigenvalue weighted by Gasteiger charge is -2.40. The van der Waals surface area contributed by atoms with E-state index >= 15 is 0 Å². The van der Waals surface area contributed by atoms with Gasteiger partial charge in [0.1, 0.15) is 11.6 Å². The predicted molar refractivity (Wildman–Crippen MR) is 144 cm³/mol. The fourth-order valence-electron chi connectivity index (χ4n) is 5.03. The first-order chi connectivity index (χ1) is 17.7. The number of amides is 2. The maximum atomic E-state index is 14.4. The number of hydrogen-bond acceptors (Lipinski definition) is 6. The molecule has 2 aliphatic rings. The van der Waals surface area contributed by atoms with E-state index in [0.717, 1.165) is 10.3 Å². The van der Waals surface area contributed by atoms with Crippen LogP contribution in [0, 0.1) is 5.82 Å². The van der Waals surface area contributed by atoms with Crippen molar-refractivity contribution in [3.63, 3.8) is 0 Å². The smallest absolute Gasteiger partial charge is 0.350 e. The lowest BCUT2D eigenvalue weighted by molar-refractivity contribution is -0.126. The van der Waals surface area contributed by atoms with Crippen LogP contribution in [0.5, 0.6) is 0 Å². The summed E-state index contributed by atoms with van der Waals surface area (Å²) in [6.45, 7) is 7.50. The van der Waals surface area contributed by atoms with Crippen LogP contribution in [0.15, 0.2) is 46.6 Å². The molecule has 1 atom stereocenters. The number of carbonyl (C=O) groups excluding carboxylic acids is 2. The number of anilines is 1. The summed E-state index contributed by atoms with van der Waals surface area (Å²) >= 11 is 8.43. The minimum atomic E-state index is -0.632. The summed E-state index contributed by atoms with van der Waals surface area (Å²) in [6.07, 6.45) is 1.30. The van der Waals surface area contributed by atoms with E-state index in [1.54, 1.807) is 33.4 Å². The van der Waals surface area contributed by atoms with Crippen LogP contribution in [0.1, 0.15) is 17.3 Å². The van der Waals surface area contributed by atoms with E-state index in [1.807, 2.05) is 11.8 Å². The van der Waals surface area contributed by atoms with Crippen molar-refractivity contribution >= 4 is 51.9 Å². The molecule has 37 heavy (non-hydrogen) atoms. The van der Waals surface area contributed by atoms with Crippen molar-refractivity contribution in [2.75, 3.05) is 37.3 Å². The Morgan fingerprint density at radius 1 is 1.27 bits per heavy atom. The second-order valence-corrected chi connectivity index (χ2v) is 10.5. The number of nitrogens with one attached hydrogen (secondary N) is 1. The fraction of sp³-hybridized carbons (Fsp3) is 0.308. The van der Waals surface area contributed by atoms with Gasteiger partial charge in [-0.1, -0.05) is 24.2 Å². The first-order valence-corrected chi connectivity index (χ1v) is 13.2. The molecule has 1 N–H and O–H groups in total. The number of carbonyl (C=O) groups is 2. The van der Waals surface area contributed by atoms with E-state index in [9.17, 15) is 18.8 Å². The van der Waals surface area contributed by atoms with Crippen LogP contribution in [0.25, 0.3) is 22.0 Å². The zero-order chi connectivity index (χ0) is 26.4. The Morgan fingerprint density at radius 3 is 2.76 bits per heavy atom. The highest BCUT2D eigenvalue weighted by Crippen LogP contribution is 2.46. The Hall–Kier alpha value is -3.37. The number of aromatic nitrogens is 2. The van der Waals surface area contributed by atoms with E-state index in [2.05, 4.69) is 16.9 Å². The maximum absolute atomic E-state index is 14.4. The first-order valence-electron chi connectivity index (χ1n) is 11.8. The van der Waals surface area contributed by atoms with Gasteiger partial charge in [-0.2, -0.15) is 4.98 Å². The first kappa shape index (κ1) is 25.3. The second-order valence-electron chi connectivity index (χ2n) is 8.98. The third kappa shape index (κ3) is 4.27. The van der Waals surface area contributed by atoms with Crippen LogP contribution >= 0.6 is 23.4 Å². The monoisotopic (exact) mass is 541 g/mol. The maximum Gasteiger partial charge on any atom is 0.350 e. The molecule has 3 heterocycles. The van der Waals surface area contributed by atoms with Gasteiger partial charge in [0.05, 0.1) is 16.1 Å². The number of rotatable bonds is 4. The summed E-state index contributed by atoms with van der Waals surface area (Å²) in [5.74, 6) is -0.136. The average molecular weight is 542 g/mol. The van der Waals surface area contributed by atoms with E-state index in [-0.39, 0.29) is 23.2 Å². The molecule has 192 valence electrons. The van der Waals surface area contributed by atoms with Crippen LogP contribution in [0.4, 0.5) is 10.2 Å². The normalized spacial score (nSPS) is 17.1. The molecule has 2 aromatic carbocycles. The molecule has 1 saturated heterocycles. The zero-order valence-electron chi connectivity index (χ0n) is 20.4. The third-order valence-corrected chi connectivity index (χ3v) is 8.20. The summed E-state index contributed by atoms with van der Waals surface area (Å²) < 4.78 is 16.0. The second kappa shape index (κ2) is 9.83. The van der Waals surface area contributed by atoms with Gasteiger partial charge in [-0.25, -0.2) is 9.18 Å². The molecule has 0 bridgehead atoms. The van der Waals surface area contributed by atoms with E-state index < -0.39 is 11.7 Å². The molecule has 8 nitrogen and oxygen atoms in total. The van der Waals surface area contributed by atoms with E-state index in [0.29, 0.717) is 59.4 Å². The molecule has 11 heteroatoms. The lowest BCUT2D eigenvalue weighted by atomic mass is 10.00. The van der Waals surface area contributed by atoms with Gasteiger partial charge in [0.25, 0.3) is 5.91 Å². The molecule has 2 amide bonds. The fourth-order valence-corrected chi connectivity index (χ4v) is 6.60. The van der Waals surface area contributed by atoms with Crippen LogP contribution < -0.4 is 15.9 Å². The Kier molecular flexibility index (Phi) is 6.72. The Morgan fingerprint density at radius 2 is 2.05 bits per heavy atom. The van der Waals surface area contributed by atoms with Gasteiger partial charge in [-0.15, -0.1) is 11.8 Å². The van der Waals surface area contributed by atoms with Crippen molar-refractivity contribution in [1.29, 1.82) is 0 Å². The molecule has 2 aliphatic heterocycles. The molecular formula is C26H25ClFN5O3S. The van der Waals surface area contributed by atoms with Crippen LogP contribution in [0.3, 0.4) is 0 Å². The van der Waals surface area contributed by atoms with Crippen molar-refractivity contribution in [1.82, 2.24) is 19.8 Å². The number of aryl methyl sites for hydroxylation is 1. The standard InChI is InChI=1S/C26H25ClFN5O3S/c1-4-20(34)31-7-8-32(14(2)13-31)24-17-12-18(27)21(15-5-6-19(28)16(11-15)25(35)29-3)23-22(17)33(9-10-37-23)26(36)30-24/h4-6,11-12,14H,1,7-10,13H2,2-3H3,(H,29,35)/t14-/m0/s1. The molecule has 1 aromatic heterocycles. The largest absolute Gasteiger partial charge is 0.355 e. The Labute approximate surface area is 222 Å². The summed E-state index contributed by atoms with van der Waals surface area (Å²) in [7, 11) is 1.44. The van der Waals surface area contributed by atoms with Gasteiger partial charge in [0.15, 0.2) is 0 Å². The molecule has 0 unspecified atom stereocenters. The minimum absolute atomic E-state index is 0.0854. The van der Waals surface area contributed by atoms with Crippen LogP contribution in [-0.2, 0) is 11.3 Å². The SMILES string of the molecule is C=CC(=O)N1CCN(c2nc(=O)n3c4c(c(-c5ccc(F)c(C(=O)NC)c5)c(Cl)cc24)SCC3)[C@@H](C)C1. The highest BCUT2D eigenvalue weighted by Gasteiger charge is 2.31. The zero-order valence-corrected chi connectivity index (χ0v) is 22.0. The van der Waals surface area contributed by atoms with Crippen molar-refractivity contribution in [2.24, 2.45) is 0 Å². The quantitative estimate of drug-likeness (QED) is 0.508. The van der Waals surface area contributed by atoms with E-state index in [1.165, 1.54) is 25.3 Å². The van der Waals surface area contributed by atoms with Crippen molar-refractivity contribution in [3.05, 3.63) is 63.8 Å². The molecule has 0 radical (unpaired) electrons. The number of hydrogen-bond donors (Lipinski definition) is 1. The molecule has 5 rings (SSSR count). The van der Waals surface area contributed by atoms with Crippen LogP contribution in [0.2, 0.25) is 5.02 Å². The van der Waals surface area contributed by atoms with Gasteiger partial charge < -0.3 is 15.1 Å². The van der Waals surface area contributed by atoms with Crippen molar-refractivity contribution in [2.45, 2.75) is 24.4 Å². The van der Waals surface area contributed by atoms with Gasteiger partial charge in [0, 0.05) is 60.9 Å². The van der Waals surface area contributed by atoms with Gasteiger partial charge in [0.2, 0.25) is 5.91 Å². The number of benzene rings is 2. The van der Waals surface area contributed by atoms with Crippen molar-refractivity contribution < 1.29 is 14.0 Å². The summed E-state index contributed by atoms with van der Waals surface area (Å²) in [4.78, 5) is 46.6. The summed E-state index contributed by atoms with van der Waals surface area (Å²) in [6, 6.07) is 6.01.